The Morgan fingerprint density at radius 1 is 1.35 bits per heavy atom. The third kappa shape index (κ3) is 3.97. The predicted molar refractivity (Wildman–Crippen MR) is 83.3 cm³/mol. The molecule has 0 spiro atoms. The van der Waals surface area contributed by atoms with E-state index in [2.05, 4.69) is 5.32 Å². The van der Waals surface area contributed by atoms with Crippen molar-refractivity contribution in [1.29, 1.82) is 0 Å². The summed E-state index contributed by atoms with van der Waals surface area (Å²) in [5.41, 5.74) is 1.35. The van der Waals surface area contributed by atoms with Gasteiger partial charge in [-0.15, -0.1) is 0 Å². The number of aliphatic carboxylic acids is 1. The second-order valence-electron chi connectivity index (χ2n) is 5.74. The summed E-state index contributed by atoms with van der Waals surface area (Å²) in [4.78, 5) is 13.5. The molecule has 0 bridgehead atoms. The van der Waals surface area contributed by atoms with E-state index in [0.717, 1.165) is 17.7 Å². The first kappa shape index (κ1) is 16.5. The maximum Gasteiger partial charge on any atom is 0.323 e. The lowest BCUT2D eigenvalue weighted by atomic mass is 9.94. The topological polar surface area (TPSA) is 52.6 Å². The van der Waals surface area contributed by atoms with Crippen molar-refractivity contribution in [3.05, 3.63) is 29.8 Å². The zero-order chi connectivity index (χ0) is 15.3. The first-order valence-corrected chi connectivity index (χ1v) is 7.08. The first-order chi connectivity index (χ1) is 9.30. The number of carboxylic acids is 1. The van der Waals surface area contributed by atoms with E-state index in [1.807, 2.05) is 57.1 Å². The Morgan fingerprint density at radius 3 is 2.30 bits per heavy atom. The lowest BCUT2D eigenvalue weighted by Crippen LogP contribution is -2.50. The van der Waals surface area contributed by atoms with E-state index in [-0.39, 0.29) is 6.04 Å². The van der Waals surface area contributed by atoms with Crippen molar-refractivity contribution in [3.63, 3.8) is 0 Å². The normalized spacial score (nSPS) is 15.4. The maximum absolute atomic E-state index is 11.5. The van der Waals surface area contributed by atoms with Crippen LogP contribution in [0.5, 0.6) is 0 Å². The number of nitrogens with one attached hydrogen (secondary N) is 1. The number of benzene rings is 1. The Hall–Kier alpha value is -1.55. The molecule has 0 aliphatic heterocycles. The molecule has 0 heterocycles. The standard InChI is InChI=1S/C16H26N2O2/c1-6-11-16(3,15(19)20)17-12(2)13-7-9-14(10-8-13)18(4)5/h7-10,12,17H,6,11H2,1-5H3,(H,19,20). The fourth-order valence-electron chi connectivity index (χ4n) is 2.36. The third-order valence-corrected chi connectivity index (χ3v) is 3.67. The van der Waals surface area contributed by atoms with Gasteiger partial charge < -0.3 is 10.0 Å². The molecule has 0 saturated carbocycles. The Bertz CT molecular complexity index is 442. The molecule has 1 aromatic rings. The van der Waals surface area contributed by atoms with Gasteiger partial charge in [0.15, 0.2) is 0 Å². The van der Waals surface area contributed by atoms with Crippen molar-refractivity contribution in [2.75, 3.05) is 19.0 Å². The highest BCUT2D eigenvalue weighted by Gasteiger charge is 2.33. The molecule has 2 unspecified atom stereocenters. The molecular weight excluding hydrogens is 252 g/mol. The van der Waals surface area contributed by atoms with Gasteiger partial charge >= 0.3 is 5.97 Å². The molecule has 0 amide bonds. The van der Waals surface area contributed by atoms with Crippen molar-refractivity contribution in [2.45, 2.75) is 45.2 Å². The zero-order valence-electron chi connectivity index (χ0n) is 13.1. The molecule has 1 aromatic carbocycles. The van der Waals surface area contributed by atoms with Gasteiger partial charge in [0.25, 0.3) is 0 Å². The number of carboxylic acid groups (broad SMARTS) is 1. The summed E-state index contributed by atoms with van der Waals surface area (Å²) in [7, 11) is 4.00. The number of hydrogen-bond donors (Lipinski definition) is 2. The Morgan fingerprint density at radius 2 is 1.90 bits per heavy atom. The highest BCUT2D eigenvalue weighted by molar-refractivity contribution is 5.78. The second-order valence-corrected chi connectivity index (χ2v) is 5.74. The number of hydrogen-bond acceptors (Lipinski definition) is 3. The highest BCUT2D eigenvalue weighted by atomic mass is 16.4. The molecule has 0 fully saturated rings. The Balaban J connectivity index is 2.83. The van der Waals surface area contributed by atoms with Crippen LogP contribution in [0.15, 0.2) is 24.3 Å². The molecule has 4 heteroatoms. The van der Waals surface area contributed by atoms with Gasteiger partial charge in [-0.2, -0.15) is 0 Å². The molecule has 1 rings (SSSR count). The van der Waals surface area contributed by atoms with Crippen molar-refractivity contribution in [1.82, 2.24) is 5.32 Å². The van der Waals surface area contributed by atoms with Gasteiger partial charge in [0.05, 0.1) is 0 Å². The van der Waals surface area contributed by atoms with Gasteiger partial charge in [0.1, 0.15) is 5.54 Å². The largest absolute Gasteiger partial charge is 0.480 e. The minimum absolute atomic E-state index is 0.00105. The monoisotopic (exact) mass is 278 g/mol. The molecule has 2 N–H and O–H groups in total. The molecule has 20 heavy (non-hydrogen) atoms. The Kier molecular flexibility index (Phi) is 5.57. The van der Waals surface area contributed by atoms with E-state index in [9.17, 15) is 9.90 Å². The van der Waals surface area contributed by atoms with Gasteiger partial charge in [-0.1, -0.05) is 25.5 Å². The van der Waals surface area contributed by atoms with Gasteiger partial charge in [0, 0.05) is 25.8 Å². The molecule has 0 saturated heterocycles. The minimum Gasteiger partial charge on any atom is -0.480 e. The highest BCUT2D eigenvalue weighted by Crippen LogP contribution is 2.22. The van der Waals surface area contributed by atoms with Crippen LogP contribution in [-0.2, 0) is 4.79 Å². The average Bonchev–Trinajstić information content (AvgIpc) is 2.38. The average molecular weight is 278 g/mol. The smallest absolute Gasteiger partial charge is 0.323 e. The van der Waals surface area contributed by atoms with E-state index >= 15 is 0 Å². The van der Waals surface area contributed by atoms with E-state index < -0.39 is 11.5 Å². The first-order valence-electron chi connectivity index (χ1n) is 7.08. The Labute approximate surface area is 121 Å². The van der Waals surface area contributed by atoms with Gasteiger partial charge in [0.2, 0.25) is 0 Å². The van der Waals surface area contributed by atoms with Gasteiger partial charge in [-0.25, -0.2) is 0 Å². The van der Waals surface area contributed by atoms with Crippen LogP contribution in [0.3, 0.4) is 0 Å². The summed E-state index contributed by atoms with van der Waals surface area (Å²) < 4.78 is 0. The summed E-state index contributed by atoms with van der Waals surface area (Å²) in [6, 6.07) is 8.18. The molecule has 0 aromatic heterocycles. The number of carbonyl (C=O) groups is 1. The van der Waals surface area contributed by atoms with Crippen LogP contribution in [0.2, 0.25) is 0 Å². The van der Waals surface area contributed by atoms with Crippen molar-refractivity contribution < 1.29 is 9.90 Å². The number of nitrogens with zero attached hydrogens (tertiary/aromatic N) is 1. The molecular formula is C16H26N2O2. The maximum atomic E-state index is 11.5. The van der Waals surface area contributed by atoms with Crippen LogP contribution in [0.4, 0.5) is 5.69 Å². The summed E-state index contributed by atoms with van der Waals surface area (Å²) in [5.74, 6) is -0.795. The summed E-state index contributed by atoms with van der Waals surface area (Å²) in [5, 5.41) is 12.7. The molecule has 0 aliphatic rings. The zero-order valence-corrected chi connectivity index (χ0v) is 13.1. The van der Waals surface area contributed by atoms with Crippen LogP contribution in [0.25, 0.3) is 0 Å². The van der Waals surface area contributed by atoms with Gasteiger partial charge in [-0.05, 0) is 38.0 Å². The number of rotatable bonds is 7. The minimum atomic E-state index is -0.881. The third-order valence-electron chi connectivity index (χ3n) is 3.67. The molecule has 112 valence electrons. The van der Waals surface area contributed by atoms with Crippen LogP contribution in [-0.4, -0.2) is 30.7 Å². The van der Waals surface area contributed by atoms with Crippen LogP contribution in [0, 0.1) is 0 Å². The van der Waals surface area contributed by atoms with E-state index in [1.54, 1.807) is 6.92 Å². The van der Waals surface area contributed by atoms with E-state index in [4.69, 9.17) is 0 Å². The molecule has 2 atom stereocenters. The molecule has 4 nitrogen and oxygen atoms in total. The fourth-order valence-corrected chi connectivity index (χ4v) is 2.36. The fraction of sp³-hybridized carbons (Fsp3) is 0.562. The van der Waals surface area contributed by atoms with Crippen LogP contribution in [0.1, 0.15) is 45.2 Å². The van der Waals surface area contributed by atoms with E-state index in [1.165, 1.54) is 0 Å². The van der Waals surface area contributed by atoms with Crippen LogP contribution < -0.4 is 10.2 Å². The van der Waals surface area contributed by atoms with Crippen molar-refractivity contribution >= 4 is 11.7 Å². The quantitative estimate of drug-likeness (QED) is 0.805. The summed E-state index contributed by atoms with van der Waals surface area (Å²) >= 11 is 0. The van der Waals surface area contributed by atoms with Crippen molar-refractivity contribution in [3.8, 4) is 0 Å². The predicted octanol–water partition coefficient (Wildman–Crippen LogP) is 3.05. The van der Waals surface area contributed by atoms with Gasteiger partial charge in [-0.3, -0.25) is 10.1 Å². The second kappa shape index (κ2) is 6.75. The van der Waals surface area contributed by atoms with Crippen molar-refractivity contribution in [2.24, 2.45) is 0 Å². The van der Waals surface area contributed by atoms with Crippen LogP contribution >= 0.6 is 0 Å². The lowest BCUT2D eigenvalue weighted by molar-refractivity contribution is -0.144. The summed E-state index contributed by atoms with van der Waals surface area (Å²) in [6.45, 7) is 5.75. The van der Waals surface area contributed by atoms with E-state index in [0.29, 0.717) is 6.42 Å². The summed E-state index contributed by atoms with van der Waals surface area (Å²) in [6.07, 6.45) is 1.45. The lowest BCUT2D eigenvalue weighted by Gasteiger charge is -2.30. The molecule has 0 aliphatic carbocycles. The SMILES string of the molecule is CCCC(C)(NC(C)c1ccc(N(C)C)cc1)C(=O)O. The number of anilines is 1. The molecule has 0 radical (unpaired) electrons.